The van der Waals surface area contributed by atoms with Gasteiger partial charge in [0, 0.05) is 13.1 Å². The summed E-state index contributed by atoms with van der Waals surface area (Å²) in [5.41, 5.74) is -4.77. The van der Waals surface area contributed by atoms with Gasteiger partial charge >= 0.3 is 6.18 Å². The Morgan fingerprint density at radius 3 is 1.79 bits per heavy atom. The van der Waals surface area contributed by atoms with Crippen molar-refractivity contribution in [2.45, 2.75) is 6.18 Å². The van der Waals surface area contributed by atoms with Crippen LogP contribution >= 0.6 is 71.0 Å². The summed E-state index contributed by atoms with van der Waals surface area (Å²) in [6.45, 7) is 0. The van der Waals surface area contributed by atoms with E-state index < -0.39 is 38.6 Å². The van der Waals surface area contributed by atoms with Crippen molar-refractivity contribution in [1.29, 1.82) is 0 Å². The fourth-order valence-corrected chi connectivity index (χ4v) is 5.35. The summed E-state index contributed by atoms with van der Waals surface area (Å²) in [4.78, 5) is 21.0. The molecule has 29 heavy (non-hydrogen) atoms. The summed E-state index contributed by atoms with van der Waals surface area (Å²) in [5, 5.41) is 22.5. The molecule has 7 nitrogen and oxygen atoms in total. The van der Waals surface area contributed by atoms with Gasteiger partial charge in [-0.2, -0.15) is 13.2 Å². The highest BCUT2D eigenvalue weighted by Gasteiger charge is 2.42. The zero-order chi connectivity index (χ0) is 22.4. The minimum absolute atomic E-state index is 0.00169. The lowest BCUT2D eigenvalue weighted by Gasteiger charge is -2.26. The van der Waals surface area contributed by atoms with Crippen molar-refractivity contribution in [2.24, 2.45) is 0 Å². The van der Waals surface area contributed by atoms with E-state index >= 15 is 0 Å². The number of rotatable bonds is 4. The summed E-state index contributed by atoms with van der Waals surface area (Å²) in [5.74, 6) is 0. The van der Waals surface area contributed by atoms with Crippen LogP contribution in [-0.2, 0) is 6.18 Å². The normalized spacial score (nSPS) is 11.5. The van der Waals surface area contributed by atoms with Crippen molar-refractivity contribution >= 4 is 93.7 Å². The lowest BCUT2D eigenvalue weighted by Crippen LogP contribution is -2.19. The molecule has 0 aliphatic carbocycles. The molecule has 156 valence electrons. The van der Waals surface area contributed by atoms with Gasteiger partial charge < -0.3 is 4.90 Å². The van der Waals surface area contributed by atoms with Crippen molar-refractivity contribution < 1.29 is 23.0 Å². The zero-order valence-electron chi connectivity index (χ0n) is 13.7. The van der Waals surface area contributed by atoms with Crippen LogP contribution in [0, 0.1) is 20.2 Å². The molecule has 0 atom stereocenters. The lowest BCUT2D eigenvalue weighted by atomic mass is 10.1. The summed E-state index contributed by atoms with van der Waals surface area (Å²) in [6, 6.07) is 0.674. The molecule has 0 fully saturated rings. The molecule has 0 amide bonds. The maximum atomic E-state index is 13.7. The fraction of sp³-hybridized carbons (Fsp3) is 0.143. The Bertz CT molecular complexity index is 1020. The molecule has 0 N–H and O–H groups in total. The van der Waals surface area contributed by atoms with E-state index in [0.29, 0.717) is 6.07 Å². The number of non-ortho nitro benzene ring substituents is 1. The average molecular weight is 647 g/mol. The van der Waals surface area contributed by atoms with Gasteiger partial charge in [-0.3, -0.25) is 20.2 Å². The molecule has 0 spiro atoms. The highest BCUT2D eigenvalue weighted by Crippen LogP contribution is 2.53. The van der Waals surface area contributed by atoms with Gasteiger partial charge in [0.1, 0.15) is 5.69 Å². The molecule has 0 unspecified atom stereocenters. The monoisotopic (exact) mass is 643 g/mol. The van der Waals surface area contributed by atoms with E-state index in [1.165, 1.54) is 0 Å². The molecule has 0 bridgehead atoms. The minimum Gasteiger partial charge on any atom is -0.337 e. The minimum atomic E-state index is -5.14. The maximum Gasteiger partial charge on any atom is 0.418 e. The Morgan fingerprint density at radius 2 is 1.41 bits per heavy atom. The van der Waals surface area contributed by atoms with E-state index in [2.05, 4.69) is 47.8 Å². The number of anilines is 2. The summed E-state index contributed by atoms with van der Waals surface area (Å²) >= 11 is 21.6. The van der Waals surface area contributed by atoms with Crippen LogP contribution in [0.2, 0.25) is 10.0 Å². The van der Waals surface area contributed by atoms with Gasteiger partial charge in [0.15, 0.2) is 0 Å². The number of alkyl halides is 3. The molecule has 0 radical (unpaired) electrons. The van der Waals surface area contributed by atoms with E-state index in [1.807, 2.05) is 0 Å². The first-order valence-corrected chi connectivity index (χ1v) is 10.1. The van der Waals surface area contributed by atoms with Crippen LogP contribution in [0.4, 0.5) is 35.9 Å². The first-order valence-electron chi connectivity index (χ1n) is 6.99. The zero-order valence-corrected chi connectivity index (χ0v) is 19.9. The van der Waals surface area contributed by atoms with E-state index in [4.69, 9.17) is 23.2 Å². The Kier molecular flexibility index (Phi) is 7.10. The van der Waals surface area contributed by atoms with Gasteiger partial charge in [-0.25, -0.2) is 0 Å². The van der Waals surface area contributed by atoms with E-state index in [9.17, 15) is 33.4 Å². The summed E-state index contributed by atoms with van der Waals surface area (Å²) in [6.07, 6.45) is -5.14. The van der Waals surface area contributed by atoms with E-state index in [1.54, 1.807) is 0 Å². The third kappa shape index (κ3) is 4.48. The molecule has 15 heteroatoms. The van der Waals surface area contributed by atoms with E-state index in [-0.39, 0.29) is 35.2 Å². The van der Waals surface area contributed by atoms with Crippen molar-refractivity contribution in [3.8, 4) is 0 Å². The van der Waals surface area contributed by atoms with Gasteiger partial charge in [0.25, 0.3) is 11.4 Å². The maximum absolute atomic E-state index is 13.7. The molecular formula is C14H5Br3Cl2F3N3O4. The van der Waals surface area contributed by atoms with Gasteiger partial charge in [0.05, 0.1) is 50.6 Å². The van der Waals surface area contributed by atoms with Crippen LogP contribution in [0.15, 0.2) is 25.6 Å². The number of halogens is 8. The first-order chi connectivity index (χ1) is 13.2. The standard InChI is InChI=1S/C14H5Br3Cl2F3N3O4/c1-23(13-8(16)10(18)7(15)11(19)9(13)17)12-5(14(20,21)22)2-4(24(26)27)3-6(12)25(28)29/h2-3H,1H3. The third-order valence-electron chi connectivity index (χ3n) is 3.64. The van der Waals surface area contributed by atoms with Crippen LogP contribution in [-0.4, -0.2) is 16.9 Å². The molecule has 2 rings (SSSR count). The molecular weight excluding hydrogens is 642 g/mol. The fourth-order valence-electron chi connectivity index (χ4n) is 2.42. The topological polar surface area (TPSA) is 89.5 Å². The van der Waals surface area contributed by atoms with Gasteiger partial charge in [0.2, 0.25) is 0 Å². The second-order valence-electron chi connectivity index (χ2n) is 5.35. The van der Waals surface area contributed by atoms with Crippen LogP contribution in [0.5, 0.6) is 0 Å². The Labute approximate surface area is 195 Å². The number of hydrogen-bond acceptors (Lipinski definition) is 5. The summed E-state index contributed by atoms with van der Waals surface area (Å²) < 4.78 is 41.4. The second kappa shape index (κ2) is 8.53. The quantitative estimate of drug-likeness (QED) is 0.146. The van der Waals surface area contributed by atoms with Crippen LogP contribution in [0.3, 0.4) is 0 Å². The third-order valence-corrected chi connectivity index (χ3v) is 7.65. The van der Waals surface area contributed by atoms with Crippen molar-refractivity contribution in [2.75, 3.05) is 11.9 Å². The second-order valence-corrected chi connectivity index (χ2v) is 8.49. The smallest absolute Gasteiger partial charge is 0.337 e. The van der Waals surface area contributed by atoms with Crippen LogP contribution in [0.1, 0.15) is 5.56 Å². The SMILES string of the molecule is CN(c1c([N+](=O)[O-])cc([N+](=O)[O-])cc1C(F)(F)F)c1c(Br)c(Cl)c(Br)c(Cl)c1Br. The Hall–Kier alpha value is -1.15. The predicted octanol–water partition coefficient (Wildman–Crippen LogP) is 7.88. The number of nitrogens with zero attached hydrogens (tertiary/aromatic N) is 3. The van der Waals surface area contributed by atoms with Crippen LogP contribution < -0.4 is 4.90 Å². The van der Waals surface area contributed by atoms with Crippen molar-refractivity contribution in [1.82, 2.24) is 0 Å². The lowest BCUT2D eigenvalue weighted by molar-refractivity contribution is -0.394. The molecule has 2 aromatic rings. The average Bonchev–Trinajstić information content (AvgIpc) is 2.62. The highest BCUT2D eigenvalue weighted by atomic mass is 79.9. The first kappa shape index (κ1) is 24.1. The Morgan fingerprint density at radius 1 is 0.931 bits per heavy atom. The molecule has 0 aliphatic heterocycles. The van der Waals surface area contributed by atoms with Gasteiger partial charge in [-0.1, -0.05) is 23.2 Å². The number of hydrogen-bond donors (Lipinski definition) is 0. The van der Waals surface area contributed by atoms with Crippen molar-refractivity contribution in [3.05, 3.63) is 61.4 Å². The number of benzene rings is 2. The molecule has 0 aliphatic rings. The molecule has 0 heterocycles. The molecule has 0 aromatic heterocycles. The summed E-state index contributed by atoms with van der Waals surface area (Å²) in [7, 11) is 1.11. The highest BCUT2D eigenvalue weighted by molar-refractivity contribution is 9.12. The Balaban J connectivity index is 2.98. The molecule has 2 aromatic carbocycles. The van der Waals surface area contributed by atoms with Gasteiger partial charge in [-0.05, 0) is 47.8 Å². The number of nitro groups is 2. The predicted molar refractivity (Wildman–Crippen MR) is 112 cm³/mol. The van der Waals surface area contributed by atoms with E-state index in [0.717, 1.165) is 11.9 Å². The number of nitro benzene ring substituents is 2. The largest absolute Gasteiger partial charge is 0.418 e. The molecule has 0 saturated heterocycles. The van der Waals surface area contributed by atoms with Gasteiger partial charge in [-0.15, -0.1) is 0 Å². The van der Waals surface area contributed by atoms with Crippen molar-refractivity contribution in [3.63, 3.8) is 0 Å². The van der Waals surface area contributed by atoms with Crippen LogP contribution in [0.25, 0.3) is 0 Å². The molecule has 0 saturated carbocycles.